The van der Waals surface area contributed by atoms with Crippen molar-refractivity contribution in [2.75, 3.05) is 20.1 Å². The maximum atomic E-state index is 12.7. The molecule has 5 rings (SSSR count). The van der Waals surface area contributed by atoms with E-state index in [1.807, 2.05) is 13.0 Å². The van der Waals surface area contributed by atoms with E-state index in [1.165, 1.54) is 30.6 Å². The van der Waals surface area contributed by atoms with Crippen molar-refractivity contribution in [3.63, 3.8) is 0 Å². The van der Waals surface area contributed by atoms with Gasteiger partial charge in [-0.05, 0) is 49.7 Å². The highest BCUT2D eigenvalue weighted by Crippen LogP contribution is 2.37. The van der Waals surface area contributed by atoms with Crippen LogP contribution in [-0.4, -0.2) is 56.7 Å². The van der Waals surface area contributed by atoms with E-state index in [4.69, 9.17) is 0 Å². The molecule has 1 amide bonds. The SMILES string of the molecule is CNC(=O)C1=CC2C(C=Cc3nnc(C)n32)N1Cc1cccc(CN2CCC2)c1. The minimum atomic E-state index is -0.0585. The largest absolute Gasteiger partial charge is 0.354 e. The number of aryl methyl sites for hydroxylation is 1. The van der Waals surface area contributed by atoms with Crippen LogP contribution in [0.1, 0.15) is 35.2 Å². The number of likely N-dealkylation sites (tertiary alicyclic amines) is 1. The zero-order valence-corrected chi connectivity index (χ0v) is 16.9. The summed E-state index contributed by atoms with van der Waals surface area (Å²) in [5, 5.41) is 11.3. The third-order valence-corrected chi connectivity index (χ3v) is 6.14. The normalized spacial score (nSPS) is 22.7. The first-order valence-corrected chi connectivity index (χ1v) is 10.2. The fraction of sp³-hybridized carbons (Fsp3) is 0.409. The van der Waals surface area contributed by atoms with Gasteiger partial charge in [0.05, 0.1) is 12.1 Å². The molecular weight excluding hydrogens is 364 g/mol. The Morgan fingerprint density at radius 3 is 2.69 bits per heavy atom. The van der Waals surface area contributed by atoms with Crippen molar-refractivity contribution in [3.8, 4) is 0 Å². The molecule has 1 saturated heterocycles. The van der Waals surface area contributed by atoms with Gasteiger partial charge < -0.3 is 14.8 Å². The number of benzene rings is 1. The molecule has 1 N–H and O–H groups in total. The number of likely N-dealkylation sites (N-methyl/N-ethyl adjacent to an activating group) is 1. The standard InChI is InChI=1S/C22H26N6O/c1-15-24-25-21-8-7-18-19(28(15)21)12-20(22(29)23-2)27(18)14-17-6-3-5-16(11-17)13-26-9-4-10-26/h3,5-8,11-12,18-19H,4,9-10,13-14H2,1-2H3,(H,23,29). The van der Waals surface area contributed by atoms with Crippen molar-refractivity contribution >= 4 is 12.0 Å². The summed E-state index contributed by atoms with van der Waals surface area (Å²) < 4.78 is 2.12. The highest BCUT2D eigenvalue weighted by atomic mass is 16.2. The average Bonchev–Trinajstić information content (AvgIpc) is 3.25. The molecule has 1 aromatic heterocycles. The van der Waals surface area contributed by atoms with E-state index < -0.39 is 0 Å². The number of fused-ring (bicyclic) bond motifs is 3. The lowest BCUT2D eigenvalue weighted by Gasteiger charge is -2.33. The highest BCUT2D eigenvalue weighted by Gasteiger charge is 2.39. The molecule has 0 bridgehead atoms. The molecule has 0 spiro atoms. The predicted octanol–water partition coefficient (Wildman–Crippen LogP) is 1.87. The van der Waals surface area contributed by atoms with Crippen LogP contribution < -0.4 is 5.32 Å². The number of rotatable bonds is 5. The van der Waals surface area contributed by atoms with Crippen LogP contribution in [0.4, 0.5) is 0 Å². The van der Waals surface area contributed by atoms with Gasteiger partial charge in [-0.1, -0.05) is 30.3 Å². The van der Waals surface area contributed by atoms with E-state index in [2.05, 4.69) is 66.3 Å². The van der Waals surface area contributed by atoms with Crippen molar-refractivity contribution in [3.05, 3.63) is 64.9 Å². The molecule has 150 valence electrons. The highest BCUT2D eigenvalue weighted by molar-refractivity contribution is 5.93. The quantitative estimate of drug-likeness (QED) is 0.844. The first-order valence-electron chi connectivity index (χ1n) is 10.2. The second-order valence-electron chi connectivity index (χ2n) is 8.02. The minimum Gasteiger partial charge on any atom is -0.354 e. The van der Waals surface area contributed by atoms with Gasteiger partial charge in [-0.3, -0.25) is 9.69 Å². The summed E-state index contributed by atoms with van der Waals surface area (Å²) in [5.41, 5.74) is 3.26. The maximum absolute atomic E-state index is 12.7. The second kappa shape index (κ2) is 7.15. The minimum absolute atomic E-state index is 0.0292. The van der Waals surface area contributed by atoms with Crippen LogP contribution in [0.3, 0.4) is 0 Å². The number of hydrogen-bond donors (Lipinski definition) is 1. The molecule has 2 atom stereocenters. The van der Waals surface area contributed by atoms with Gasteiger partial charge in [-0.25, -0.2) is 0 Å². The second-order valence-corrected chi connectivity index (χ2v) is 8.02. The smallest absolute Gasteiger partial charge is 0.267 e. The van der Waals surface area contributed by atoms with Gasteiger partial charge in [0.2, 0.25) is 0 Å². The number of nitrogens with zero attached hydrogens (tertiary/aromatic N) is 5. The van der Waals surface area contributed by atoms with Gasteiger partial charge in [-0.2, -0.15) is 0 Å². The molecule has 29 heavy (non-hydrogen) atoms. The third-order valence-electron chi connectivity index (χ3n) is 6.14. The molecule has 4 heterocycles. The van der Waals surface area contributed by atoms with E-state index in [9.17, 15) is 4.79 Å². The molecule has 1 aromatic carbocycles. The molecule has 7 nitrogen and oxygen atoms in total. The zero-order valence-electron chi connectivity index (χ0n) is 16.9. The lowest BCUT2D eigenvalue weighted by atomic mass is 10.0. The Bertz CT molecular complexity index is 1000. The van der Waals surface area contributed by atoms with Crippen LogP contribution in [0, 0.1) is 6.92 Å². The number of carbonyl (C=O) groups excluding carboxylic acids is 1. The lowest BCUT2D eigenvalue weighted by Crippen LogP contribution is -2.38. The van der Waals surface area contributed by atoms with E-state index >= 15 is 0 Å². The average molecular weight is 390 g/mol. The molecule has 3 aliphatic rings. The number of aromatic nitrogens is 3. The number of nitrogens with one attached hydrogen (secondary N) is 1. The van der Waals surface area contributed by atoms with Gasteiger partial charge in [0, 0.05) is 20.1 Å². The van der Waals surface area contributed by atoms with E-state index in [0.717, 1.165) is 18.2 Å². The lowest BCUT2D eigenvalue weighted by molar-refractivity contribution is -0.118. The maximum Gasteiger partial charge on any atom is 0.267 e. The summed E-state index contributed by atoms with van der Waals surface area (Å²) in [5.74, 6) is 1.65. The molecule has 3 aliphatic heterocycles. The Hall–Kier alpha value is -2.93. The van der Waals surface area contributed by atoms with Crippen LogP contribution in [-0.2, 0) is 17.9 Å². The summed E-state index contributed by atoms with van der Waals surface area (Å²) in [4.78, 5) is 17.3. The number of amides is 1. The van der Waals surface area contributed by atoms with Gasteiger partial charge in [0.15, 0.2) is 5.82 Å². The van der Waals surface area contributed by atoms with Gasteiger partial charge in [0.1, 0.15) is 11.5 Å². The summed E-state index contributed by atoms with van der Waals surface area (Å²) >= 11 is 0. The Kier molecular flexibility index (Phi) is 4.47. The van der Waals surface area contributed by atoms with Crippen molar-refractivity contribution in [2.24, 2.45) is 0 Å². The fourth-order valence-electron chi connectivity index (χ4n) is 4.54. The molecule has 0 saturated carbocycles. The molecule has 2 aromatic rings. The first kappa shape index (κ1) is 18.1. The van der Waals surface area contributed by atoms with Crippen LogP contribution in [0.2, 0.25) is 0 Å². The van der Waals surface area contributed by atoms with Gasteiger partial charge in [-0.15, -0.1) is 10.2 Å². The Labute approximate surface area is 170 Å². The van der Waals surface area contributed by atoms with Gasteiger partial charge >= 0.3 is 0 Å². The monoisotopic (exact) mass is 390 g/mol. The van der Waals surface area contributed by atoms with Crippen LogP contribution in [0.25, 0.3) is 6.08 Å². The van der Waals surface area contributed by atoms with E-state index in [1.54, 1.807) is 7.05 Å². The van der Waals surface area contributed by atoms with Crippen LogP contribution in [0.15, 0.2) is 42.1 Å². The van der Waals surface area contributed by atoms with Crippen molar-refractivity contribution in [1.29, 1.82) is 0 Å². The summed E-state index contributed by atoms with van der Waals surface area (Å²) in [6.07, 6.45) is 7.50. The number of hydrogen-bond acceptors (Lipinski definition) is 5. The van der Waals surface area contributed by atoms with Crippen molar-refractivity contribution in [1.82, 2.24) is 29.9 Å². The first-order chi connectivity index (χ1) is 14.1. The Balaban J connectivity index is 1.44. The molecule has 7 heteroatoms. The van der Waals surface area contributed by atoms with E-state index in [-0.39, 0.29) is 18.0 Å². The summed E-state index contributed by atoms with van der Waals surface area (Å²) in [6, 6.07) is 8.84. The summed E-state index contributed by atoms with van der Waals surface area (Å²) in [6.45, 7) is 6.03. The third kappa shape index (κ3) is 3.15. The topological polar surface area (TPSA) is 66.3 Å². The Morgan fingerprint density at radius 1 is 1.17 bits per heavy atom. The summed E-state index contributed by atoms with van der Waals surface area (Å²) in [7, 11) is 1.68. The van der Waals surface area contributed by atoms with Gasteiger partial charge in [0.25, 0.3) is 5.91 Å². The molecule has 0 aliphatic carbocycles. The number of carbonyl (C=O) groups is 1. The fourth-order valence-corrected chi connectivity index (χ4v) is 4.54. The zero-order chi connectivity index (χ0) is 20.0. The van der Waals surface area contributed by atoms with Crippen molar-refractivity contribution < 1.29 is 4.79 Å². The molecule has 0 radical (unpaired) electrons. The molecule has 1 fully saturated rings. The van der Waals surface area contributed by atoms with E-state index in [0.29, 0.717) is 12.2 Å². The predicted molar refractivity (Wildman–Crippen MR) is 111 cm³/mol. The molecule has 2 unspecified atom stereocenters. The van der Waals surface area contributed by atoms with Crippen molar-refractivity contribution in [2.45, 2.75) is 38.5 Å². The Morgan fingerprint density at radius 2 is 1.97 bits per heavy atom. The van der Waals surface area contributed by atoms with Crippen LogP contribution in [0.5, 0.6) is 0 Å². The molecular formula is C22H26N6O. The van der Waals surface area contributed by atoms with Crippen LogP contribution >= 0.6 is 0 Å².